The number of phenols is 3. The van der Waals surface area contributed by atoms with E-state index in [1.165, 1.54) is 18.3 Å². The Morgan fingerprint density at radius 2 is 1.95 bits per heavy atom. The normalized spacial score (nSPS) is 10.6. The van der Waals surface area contributed by atoms with Crippen LogP contribution in [0.2, 0.25) is 0 Å². The van der Waals surface area contributed by atoms with Crippen molar-refractivity contribution in [3.63, 3.8) is 0 Å². The summed E-state index contributed by atoms with van der Waals surface area (Å²) in [5, 5.41) is 31.6. The summed E-state index contributed by atoms with van der Waals surface area (Å²) in [6.07, 6.45) is -0.00429. The third kappa shape index (κ3) is 2.53. The molecule has 0 aliphatic rings. The smallest absolute Gasteiger partial charge is 0.176 e. The average molecular weight is 279 g/mol. The number of nitrogens with zero attached hydrogens (tertiary/aromatic N) is 1. The second kappa shape index (κ2) is 4.89. The molecule has 0 atom stereocenters. The zero-order valence-corrected chi connectivity index (χ0v) is 11.3. The van der Waals surface area contributed by atoms with Gasteiger partial charge in [0, 0.05) is 17.0 Å². The molecule has 0 fully saturated rings. The van der Waals surface area contributed by atoms with Crippen LogP contribution in [0.5, 0.6) is 17.2 Å². The van der Waals surface area contributed by atoms with Crippen molar-refractivity contribution in [1.29, 1.82) is 0 Å². The number of aromatic hydroxyl groups is 3. The summed E-state index contributed by atoms with van der Waals surface area (Å²) < 4.78 is 0. The minimum absolute atomic E-state index is 0.00429. The molecule has 5 nitrogen and oxygen atoms in total. The van der Waals surface area contributed by atoms with E-state index in [1.54, 1.807) is 5.38 Å². The Hall–Kier alpha value is -2.08. The van der Waals surface area contributed by atoms with Gasteiger partial charge in [-0.25, -0.2) is 4.98 Å². The van der Waals surface area contributed by atoms with Crippen molar-refractivity contribution in [2.45, 2.75) is 20.3 Å². The summed E-state index contributed by atoms with van der Waals surface area (Å²) in [6.45, 7) is 3.30. The van der Waals surface area contributed by atoms with Gasteiger partial charge in [0.25, 0.3) is 0 Å². The van der Waals surface area contributed by atoms with E-state index >= 15 is 0 Å². The van der Waals surface area contributed by atoms with Crippen molar-refractivity contribution in [2.24, 2.45) is 0 Å². The number of aryl methyl sites for hydroxylation is 1. The summed E-state index contributed by atoms with van der Waals surface area (Å²) in [5.74, 6) is -1.52. The van der Waals surface area contributed by atoms with Crippen LogP contribution in [-0.4, -0.2) is 26.1 Å². The molecular weight excluding hydrogens is 266 g/mol. The van der Waals surface area contributed by atoms with Crippen LogP contribution < -0.4 is 0 Å². The molecule has 2 rings (SSSR count). The number of Topliss-reactive ketones (excluding diaryl/α,β-unsaturated/α-hetero) is 1. The molecule has 0 bridgehead atoms. The zero-order valence-electron chi connectivity index (χ0n) is 10.5. The molecule has 0 spiro atoms. The van der Waals surface area contributed by atoms with Crippen LogP contribution in [0.25, 0.3) is 0 Å². The monoisotopic (exact) mass is 279 g/mol. The highest BCUT2D eigenvalue weighted by Crippen LogP contribution is 2.37. The number of phenolic OH excluding ortho intramolecular Hbond substituents is 3. The van der Waals surface area contributed by atoms with Gasteiger partial charge < -0.3 is 15.3 Å². The molecule has 0 aliphatic heterocycles. The number of carbonyl (C=O) groups excluding carboxylic acids is 1. The largest absolute Gasteiger partial charge is 0.507 e. The van der Waals surface area contributed by atoms with Gasteiger partial charge in [0.1, 0.15) is 22.8 Å². The molecule has 1 aromatic heterocycles. The van der Waals surface area contributed by atoms with Crippen LogP contribution in [0.3, 0.4) is 0 Å². The van der Waals surface area contributed by atoms with Gasteiger partial charge in [-0.2, -0.15) is 0 Å². The zero-order chi connectivity index (χ0) is 14.2. The fourth-order valence-corrected chi connectivity index (χ4v) is 2.37. The Labute approximate surface area is 113 Å². The minimum Gasteiger partial charge on any atom is -0.507 e. The molecular formula is C13H13NO4S. The molecule has 0 amide bonds. The summed E-state index contributed by atoms with van der Waals surface area (Å²) in [7, 11) is 0. The molecule has 0 radical (unpaired) electrons. The van der Waals surface area contributed by atoms with E-state index in [-0.39, 0.29) is 23.3 Å². The summed E-state index contributed by atoms with van der Waals surface area (Å²) in [6, 6.07) is 1.05. The number of thiazole rings is 1. The van der Waals surface area contributed by atoms with E-state index in [4.69, 9.17) is 0 Å². The van der Waals surface area contributed by atoms with Crippen LogP contribution in [0.4, 0.5) is 0 Å². The van der Waals surface area contributed by atoms with Crippen molar-refractivity contribution in [3.05, 3.63) is 33.3 Å². The predicted octanol–water partition coefficient (Wildman–Crippen LogP) is 2.30. The summed E-state index contributed by atoms with van der Waals surface area (Å²) in [4.78, 5) is 16.3. The third-order valence-electron chi connectivity index (χ3n) is 2.79. The summed E-state index contributed by atoms with van der Waals surface area (Å²) in [5.41, 5.74) is 0.577. The van der Waals surface area contributed by atoms with Crippen molar-refractivity contribution in [3.8, 4) is 17.2 Å². The van der Waals surface area contributed by atoms with Crippen LogP contribution >= 0.6 is 11.3 Å². The van der Waals surface area contributed by atoms with Gasteiger partial charge in [0.05, 0.1) is 17.1 Å². The first-order valence-electron chi connectivity index (χ1n) is 5.59. The van der Waals surface area contributed by atoms with E-state index in [0.29, 0.717) is 5.69 Å². The van der Waals surface area contributed by atoms with Crippen molar-refractivity contribution < 1.29 is 20.1 Å². The number of ketones is 1. The van der Waals surface area contributed by atoms with E-state index in [2.05, 4.69) is 4.98 Å². The Morgan fingerprint density at radius 3 is 2.53 bits per heavy atom. The Balaban J connectivity index is 2.37. The van der Waals surface area contributed by atoms with Gasteiger partial charge in [-0.15, -0.1) is 11.3 Å². The first-order valence-corrected chi connectivity index (χ1v) is 6.46. The van der Waals surface area contributed by atoms with E-state index in [0.717, 1.165) is 11.1 Å². The number of hydrogen-bond acceptors (Lipinski definition) is 6. The molecule has 2 aromatic rings. The second-order valence-electron chi connectivity index (χ2n) is 4.22. The lowest BCUT2D eigenvalue weighted by atomic mass is 10.0. The molecule has 6 heteroatoms. The first kappa shape index (κ1) is 13.4. The second-order valence-corrected chi connectivity index (χ2v) is 5.28. The fourth-order valence-electron chi connectivity index (χ4n) is 1.76. The molecule has 3 N–H and O–H groups in total. The van der Waals surface area contributed by atoms with E-state index < -0.39 is 17.3 Å². The number of hydrogen-bond donors (Lipinski definition) is 3. The molecule has 0 saturated heterocycles. The lowest BCUT2D eigenvalue weighted by molar-refractivity contribution is 0.0986. The molecule has 0 unspecified atom stereocenters. The molecule has 19 heavy (non-hydrogen) atoms. The molecule has 0 saturated carbocycles. The average Bonchev–Trinajstić information content (AvgIpc) is 2.72. The highest BCUT2D eigenvalue weighted by Gasteiger charge is 2.21. The minimum atomic E-state index is -0.441. The molecule has 100 valence electrons. The fraction of sp³-hybridized carbons (Fsp3) is 0.231. The quantitative estimate of drug-likeness (QED) is 0.750. The predicted molar refractivity (Wildman–Crippen MR) is 71.1 cm³/mol. The van der Waals surface area contributed by atoms with Crippen LogP contribution in [-0.2, 0) is 6.42 Å². The molecule has 0 aliphatic carbocycles. The first-order chi connectivity index (χ1) is 8.90. The molecule has 1 heterocycles. The lowest BCUT2D eigenvalue weighted by Crippen LogP contribution is -2.05. The number of aromatic nitrogens is 1. The maximum Gasteiger partial charge on any atom is 0.176 e. The van der Waals surface area contributed by atoms with Crippen molar-refractivity contribution in [2.75, 3.05) is 0 Å². The topological polar surface area (TPSA) is 90.7 Å². The SMILES string of the molecule is Cc1nc(CC(=O)c2c(O)cc(O)c(C)c2O)cs1. The lowest BCUT2D eigenvalue weighted by Gasteiger charge is -2.09. The highest BCUT2D eigenvalue weighted by atomic mass is 32.1. The van der Waals surface area contributed by atoms with Gasteiger partial charge in [0.15, 0.2) is 5.78 Å². The summed E-state index contributed by atoms with van der Waals surface area (Å²) >= 11 is 1.43. The van der Waals surface area contributed by atoms with Crippen LogP contribution in [0.1, 0.15) is 26.6 Å². The maximum atomic E-state index is 12.1. The Bertz CT molecular complexity index is 648. The van der Waals surface area contributed by atoms with Gasteiger partial charge in [-0.3, -0.25) is 4.79 Å². The van der Waals surface area contributed by atoms with Gasteiger partial charge in [-0.1, -0.05) is 0 Å². The highest BCUT2D eigenvalue weighted by molar-refractivity contribution is 7.09. The number of benzene rings is 1. The van der Waals surface area contributed by atoms with Gasteiger partial charge >= 0.3 is 0 Å². The molecule has 1 aromatic carbocycles. The van der Waals surface area contributed by atoms with E-state index in [9.17, 15) is 20.1 Å². The third-order valence-corrected chi connectivity index (χ3v) is 3.62. The van der Waals surface area contributed by atoms with Gasteiger partial charge in [0.2, 0.25) is 0 Å². The Kier molecular flexibility index (Phi) is 3.44. The Morgan fingerprint density at radius 1 is 1.26 bits per heavy atom. The van der Waals surface area contributed by atoms with E-state index in [1.807, 2.05) is 6.92 Å². The van der Waals surface area contributed by atoms with Crippen LogP contribution in [0.15, 0.2) is 11.4 Å². The number of rotatable bonds is 3. The van der Waals surface area contributed by atoms with Gasteiger partial charge in [-0.05, 0) is 13.8 Å². The van der Waals surface area contributed by atoms with Crippen molar-refractivity contribution in [1.82, 2.24) is 4.98 Å². The van der Waals surface area contributed by atoms with Crippen molar-refractivity contribution >= 4 is 17.1 Å². The maximum absolute atomic E-state index is 12.1. The number of carbonyl (C=O) groups is 1. The van der Waals surface area contributed by atoms with Crippen LogP contribution in [0, 0.1) is 13.8 Å². The standard InChI is InChI=1S/C13H13NO4S/c1-6-9(15)4-11(17)12(13(6)18)10(16)3-8-5-19-7(2)14-8/h4-5,15,17-18H,3H2,1-2H3.